The Balaban J connectivity index is 1.80. The van der Waals surface area contributed by atoms with Gasteiger partial charge in [0.1, 0.15) is 16.9 Å². The molecule has 3 heterocycles. The lowest BCUT2D eigenvalue weighted by Gasteiger charge is -2.34. The van der Waals surface area contributed by atoms with Crippen molar-refractivity contribution in [3.63, 3.8) is 0 Å². The van der Waals surface area contributed by atoms with Crippen LogP contribution in [-0.4, -0.2) is 57.0 Å². The van der Waals surface area contributed by atoms with Gasteiger partial charge in [0.2, 0.25) is 0 Å². The maximum Gasteiger partial charge on any atom is 0.309 e. The molecular formula is C26H40N2O6S. The number of aromatic nitrogens is 1. The number of ether oxygens (including phenoxy) is 2. The predicted octanol–water partition coefficient (Wildman–Crippen LogP) is 3.24. The summed E-state index contributed by atoms with van der Waals surface area (Å²) in [5.74, 6) is -1.60. The van der Waals surface area contributed by atoms with E-state index in [0.29, 0.717) is 13.0 Å². The van der Waals surface area contributed by atoms with Gasteiger partial charge in [-0.05, 0) is 37.8 Å². The van der Waals surface area contributed by atoms with E-state index in [9.17, 15) is 19.8 Å². The van der Waals surface area contributed by atoms with E-state index in [-0.39, 0.29) is 29.8 Å². The van der Waals surface area contributed by atoms with E-state index in [2.05, 4.69) is 11.9 Å². The number of carbonyl (C=O) groups is 2. The molecule has 0 spiro atoms. The number of nitrogens with zero attached hydrogens (tertiary/aromatic N) is 1. The number of hydrogen-bond donors (Lipinski definition) is 3. The largest absolute Gasteiger partial charge is 0.458 e. The Morgan fingerprint density at radius 3 is 2.63 bits per heavy atom. The van der Waals surface area contributed by atoms with Crippen molar-refractivity contribution >= 4 is 29.2 Å². The summed E-state index contributed by atoms with van der Waals surface area (Å²) in [5, 5.41) is 24.3. The monoisotopic (exact) mass is 508 g/mol. The number of aliphatic hydroxyl groups excluding tert-OH is 2. The van der Waals surface area contributed by atoms with E-state index >= 15 is 0 Å². The highest BCUT2D eigenvalue weighted by atomic mass is 32.1. The van der Waals surface area contributed by atoms with Crippen LogP contribution in [0.4, 0.5) is 0 Å². The summed E-state index contributed by atoms with van der Waals surface area (Å²) in [4.78, 5) is 30.4. The van der Waals surface area contributed by atoms with Crippen LogP contribution >= 0.6 is 11.3 Å². The Morgan fingerprint density at radius 2 is 1.97 bits per heavy atom. The zero-order valence-electron chi connectivity index (χ0n) is 21.4. The van der Waals surface area contributed by atoms with Gasteiger partial charge >= 0.3 is 5.97 Å². The first kappa shape index (κ1) is 27.9. The first-order valence-electron chi connectivity index (χ1n) is 12.5. The van der Waals surface area contributed by atoms with E-state index in [1.165, 1.54) is 11.3 Å². The second kappa shape index (κ2) is 11.2. The van der Waals surface area contributed by atoms with Crippen molar-refractivity contribution in [2.24, 2.45) is 23.0 Å². The van der Waals surface area contributed by atoms with E-state index < -0.39 is 35.6 Å². The molecule has 4 N–H and O–H groups in total. The van der Waals surface area contributed by atoms with E-state index in [1.807, 2.05) is 12.3 Å². The van der Waals surface area contributed by atoms with Gasteiger partial charge < -0.3 is 25.4 Å². The molecule has 9 heteroatoms. The number of epoxide rings is 1. The van der Waals surface area contributed by atoms with Gasteiger partial charge in [-0.2, -0.15) is 0 Å². The maximum atomic E-state index is 13.2. The van der Waals surface area contributed by atoms with Crippen LogP contribution in [0.1, 0.15) is 77.4 Å². The number of thiazole rings is 1. The SMILES string of the molecule is C[C@H]1CCC[C@]2(C)O[C@H]2C[C@@H](/C=C\c2csc(CN)n2)OC(=O)C[C@H](O)C(C)(C)C(=O)[C@H](C)[C@H]1O. The van der Waals surface area contributed by atoms with Gasteiger partial charge in [-0.15, -0.1) is 11.3 Å². The highest BCUT2D eigenvalue weighted by Crippen LogP contribution is 2.44. The fourth-order valence-corrected chi connectivity index (χ4v) is 5.50. The molecule has 0 amide bonds. The lowest BCUT2D eigenvalue weighted by atomic mass is 9.73. The van der Waals surface area contributed by atoms with E-state index in [1.54, 1.807) is 32.9 Å². The first-order valence-corrected chi connectivity index (χ1v) is 13.4. The number of rotatable bonds is 3. The summed E-state index contributed by atoms with van der Waals surface area (Å²) in [5.41, 5.74) is 4.87. The summed E-state index contributed by atoms with van der Waals surface area (Å²) in [6.45, 7) is 9.28. The van der Waals surface area contributed by atoms with Gasteiger partial charge in [0.05, 0.1) is 41.4 Å². The van der Waals surface area contributed by atoms with Gasteiger partial charge in [-0.3, -0.25) is 9.59 Å². The second-order valence-electron chi connectivity index (χ2n) is 10.9. The quantitative estimate of drug-likeness (QED) is 0.418. The van der Waals surface area contributed by atoms with Crippen molar-refractivity contribution in [3.05, 3.63) is 22.2 Å². The van der Waals surface area contributed by atoms with Crippen molar-refractivity contribution in [2.75, 3.05) is 0 Å². The van der Waals surface area contributed by atoms with Crippen molar-refractivity contribution in [2.45, 2.75) is 103 Å². The molecule has 8 nitrogen and oxygen atoms in total. The molecule has 2 saturated heterocycles. The fourth-order valence-electron chi connectivity index (χ4n) is 4.86. The molecule has 0 aliphatic carbocycles. The zero-order chi connectivity index (χ0) is 26.0. The van der Waals surface area contributed by atoms with Crippen molar-refractivity contribution in [3.8, 4) is 0 Å². The lowest BCUT2D eigenvalue weighted by molar-refractivity contribution is -0.154. The highest BCUT2D eigenvalue weighted by Gasteiger charge is 2.52. The Morgan fingerprint density at radius 1 is 1.26 bits per heavy atom. The van der Waals surface area contributed by atoms with Crippen LogP contribution in [0, 0.1) is 17.3 Å². The first-order chi connectivity index (χ1) is 16.4. The van der Waals surface area contributed by atoms with E-state index in [0.717, 1.165) is 30.0 Å². The molecule has 0 aromatic carbocycles. The summed E-state index contributed by atoms with van der Waals surface area (Å²) < 4.78 is 11.7. The summed E-state index contributed by atoms with van der Waals surface area (Å²) in [6.07, 6.45) is 3.51. The van der Waals surface area contributed by atoms with E-state index in [4.69, 9.17) is 15.2 Å². The molecule has 0 bridgehead atoms. The third kappa shape index (κ3) is 6.77. The molecule has 35 heavy (non-hydrogen) atoms. The molecule has 7 atom stereocenters. The summed E-state index contributed by atoms with van der Waals surface area (Å²) in [7, 11) is 0. The molecule has 2 aliphatic rings. The molecule has 2 fully saturated rings. The smallest absolute Gasteiger partial charge is 0.309 e. The number of ketones is 1. The number of fused-ring (bicyclic) bond motifs is 1. The number of carbonyl (C=O) groups excluding carboxylic acids is 2. The normalized spacial score (nSPS) is 37.1. The molecule has 0 saturated carbocycles. The highest BCUT2D eigenvalue weighted by molar-refractivity contribution is 7.09. The van der Waals surface area contributed by atoms with Gasteiger partial charge in [0, 0.05) is 24.3 Å². The Kier molecular flexibility index (Phi) is 8.91. The maximum absolute atomic E-state index is 13.2. The molecule has 0 unspecified atom stereocenters. The molecule has 196 valence electrons. The topological polar surface area (TPSA) is 135 Å². The Hall–Kier alpha value is -1.65. The average Bonchev–Trinajstić information content (AvgIpc) is 3.20. The van der Waals surface area contributed by atoms with Crippen LogP contribution in [-0.2, 0) is 25.6 Å². The van der Waals surface area contributed by atoms with Crippen molar-refractivity contribution in [1.82, 2.24) is 4.98 Å². The summed E-state index contributed by atoms with van der Waals surface area (Å²) in [6, 6.07) is 0. The van der Waals surface area contributed by atoms with Gasteiger partial charge in [0.15, 0.2) is 0 Å². The van der Waals surface area contributed by atoms with Crippen molar-refractivity contribution < 1.29 is 29.3 Å². The minimum absolute atomic E-state index is 0.0602. The van der Waals surface area contributed by atoms with Crippen LogP contribution in [0.15, 0.2) is 11.5 Å². The minimum Gasteiger partial charge on any atom is -0.458 e. The standard InChI is InChI=1S/C26H40N2O6S/c1-15-7-6-10-26(5)20(34-26)11-18(9-8-17-14-35-21(13-27)28-17)33-22(30)12-19(29)25(3,4)24(32)16(2)23(15)31/h8-9,14-16,18-20,23,29,31H,6-7,10-13,27H2,1-5H3/b9-8-/t15-,16+,18+,19-,20-,23-,26-/m0/s1. The molecule has 1 aromatic heterocycles. The van der Waals surface area contributed by atoms with Crippen molar-refractivity contribution in [1.29, 1.82) is 0 Å². The van der Waals surface area contributed by atoms with Crippen LogP contribution < -0.4 is 5.73 Å². The van der Waals surface area contributed by atoms with Gasteiger partial charge in [-0.1, -0.05) is 34.1 Å². The second-order valence-corrected chi connectivity index (χ2v) is 11.8. The number of aliphatic hydroxyl groups is 2. The minimum atomic E-state index is -1.24. The Bertz CT molecular complexity index is 931. The molecule has 0 radical (unpaired) electrons. The molecule has 3 rings (SSSR count). The third-order valence-corrected chi connectivity index (χ3v) is 8.55. The van der Waals surface area contributed by atoms with Crippen LogP contribution in [0.2, 0.25) is 0 Å². The van der Waals surface area contributed by atoms with Gasteiger partial charge in [0.25, 0.3) is 0 Å². The number of hydrogen-bond acceptors (Lipinski definition) is 9. The average molecular weight is 509 g/mol. The summed E-state index contributed by atoms with van der Waals surface area (Å²) >= 11 is 1.47. The van der Waals surface area contributed by atoms with Crippen LogP contribution in [0.5, 0.6) is 0 Å². The molecular weight excluding hydrogens is 468 g/mol. The number of cyclic esters (lactones) is 1. The van der Waals surface area contributed by atoms with Crippen LogP contribution in [0.3, 0.4) is 0 Å². The number of nitrogens with two attached hydrogens (primary N) is 1. The van der Waals surface area contributed by atoms with Crippen LogP contribution in [0.25, 0.3) is 6.08 Å². The number of Topliss-reactive ketones (excluding diaryl/α,β-unsaturated/α-hetero) is 1. The number of esters is 1. The third-order valence-electron chi connectivity index (χ3n) is 7.66. The molecule has 1 aromatic rings. The lowest BCUT2D eigenvalue weighted by Crippen LogP contribution is -2.45. The predicted molar refractivity (Wildman–Crippen MR) is 134 cm³/mol. The fraction of sp³-hybridized carbons (Fsp3) is 0.731. The molecule has 2 aliphatic heterocycles. The van der Waals surface area contributed by atoms with Gasteiger partial charge in [-0.25, -0.2) is 4.98 Å². The zero-order valence-corrected chi connectivity index (χ0v) is 22.2. The Labute approximate surface area is 211 Å².